The van der Waals surface area contributed by atoms with Gasteiger partial charge in [0.2, 0.25) is 0 Å². The highest BCUT2D eigenvalue weighted by Crippen LogP contribution is 2.39. The molecular formula is C24H19F3N4O3S. The minimum Gasteiger partial charge on any atom is -0.321 e. The van der Waals surface area contributed by atoms with Crippen LogP contribution in [-0.2, 0) is 16.0 Å². The Morgan fingerprint density at radius 1 is 0.971 bits per heavy atom. The topological polar surface area (TPSA) is 94.0 Å². The van der Waals surface area contributed by atoms with Crippen molar-refractivity contribution in [3.05, 3.63) is 89.7 Å². The smallest absolute Gasteiger partial charge is 0.321 e. The van der Waals surface area contributed by atoms with Crippen molar-refractivity contribution in [2.75, 3.05) is 11.6 Å². The van der Waals surface area contributed by atoms with Crippen LogP contribution in [0.3, 0.4) is 0 Å². The molecule has 1 amide bonds. The first-order valence-electron chi connectivity index (χ1n) is 10.3. The van der Waals surface area contributed by atoms with Gasteiger partial charge in [-0.1, -0.05) is 24.3 Å². The first kappa shape index (κ1) is 24.1. The molecule has 0 aliphatic carbocycles. The van der Waals surface area contributed by atoms with Crippen LogP contribution in [0.5, 0.6) is 0 Å². The number of aromatic nitrogens is 3. The van der Waals surface area contributed by atoms with Crippen LogP contribution in [0.1, 0.15) is 21.6 Å². The van der Waals surface area contributed by atoms with Crippen molar-refractivity contribution in [1.82, 2.24) is 14.8 Å². The molecule has 2 aromatic carbocycles. The van der Waals surface area contributed by atoms with Crippen molar-refractivity contribution >= 4 is 21.4 Å². The lowest BCUT2D eigenvalue weighted by molar-refractivity contribution is -0.137. The number of pyridine rings is 1. The zero-order valence-electron chi connectivity index (χ0n) is 18.5. The number of alkyl halides is 3. The van der Waals surface area contributed by atoms with E-state index in [1.807, 2.05) is 0 Å². The van der Waals surface area contributed by atoms with Crippen molar-refractivity contribution in [2.45, 2.75) is 18.0 Å². The summed E-state index contributed by atoms with van der Waals surface area (Å²) in [5.41, 5.74) is -0.524. The van der Waals surface area contributed by atoms with E-state index >= 15 is 0 Å². The largest absolute Gasteiger partial charge is 0.417 e. The molecule has 0 aliphatic rings. The lowest BCUT2D eigenvalue weighted by Crippen LogP contribution is -2.14. The van der Waals surface area contributed by atoms with Gasteiger partial charge in [0.15, 0.2) is 21.3 Å². The zero-order valence-corrected chi connectivity index (χ0v) is 19.4. The predicted molar refractivity (Wildman–Crippen MR) is 124 cm³/mol. The second-order valence-corrected chi connectivity index (χ2v) is 9.73. The van der Waals surface area contributed by atoms with Gasteiger partial charge >= 0.3 is 6.18 Å². The van der Waals surface area contributed by atoms with Crippen LogP contribution in [0.15, 0.2) is 77.8 Å². The van der Waals surface area contributed by atoms with Crippen LogP contribution in [-0.4, -0.2) is 35.3 Å². The van der Waals surface area contributed by atoms with Crippen molar-refractivity contribution in [2.24, 2.45) is 0 Å². The van der Waals surface area contributed by atoms with E-state index in [0.717, 1.165) is 12.3 Å². The SMILES string of the molecule is Cc1c(C(=O)Nc2ccc(S(C)(=O)=O)cc2)nn(-c2ccccn2)c1-c1ccccc1C(F)(F)F. The summed E-state index contributed by atoms with van der Waals surface area (Å²) in [7, 11) is -3.41. The van der Waals surface area contributed by atoms with Gasteiger partial charge in [0, 0.05) is 29.3 Å². The van der Waals surface area contributed by atoms with Gasteiger partial charge in [-0.3, -0.25) is 4.79 Å². The number of amides is 1. The summed E-state index contributed by atoms with van der Waals surface area (Å²) >= 11 is 0. The normalized spacial score (nSPS) is 11.9. The summed E-state index contributed by atoms with van der Waals surface area (Å²) in [4.78, 5) is 17.3. The summed E-state index contributed by atoms with van der Waals surface area (Å²) in [6.45, 7) is 1.51. The van der Waals surface area contributed by atoms with E-state index in [1.54, 1.807) is 18.2 Å². The van der Waals surface area contributed by atoms with E-state index in [4.69, 9.17) is 0 Å². The molecule has 2 heterocycles. The number of halogens is 3. The van der Waals surface area contributed by atoms with Gasteiger partial charge in [-0.05, 0) is 49.4 Å². The molecule has 0 bridgehead atoms. The van der Waals surface area contributed by atoms with Crippen LogP contribution < -0.4 is 5.32 Å². The molecule has 11 heteroatoms. The summed E-state index contributed by atoms with van der Waals surface area (Å²) in [6.07, 6.45) is -2.10. The fraction of sp³-hybridized carbons (Fsp3) is 0.125. The Hall–Kier alpha value is -3.99. The highest BCUT2D eigenvalue weighted by Gasteiger charge is 2.35. The molecule has 0 radical (unpaired) electrons. The van der Waals surface area contributed by atoms with Crippen LogP contribution in [0.25, 0.3) is 17.1 Å². The van der Waals surface area contributed by atoms with Gasteiger partial charge in [-0.25, -0.2) is 18.1 Å². The van der Waals surface area contributed by atoms with E-state index in [2.05, 4.69) is 15.4 Å². The monoisotopic (exact) mass is 500 g/mol. The van der Waals surface area contributed by atoms with Gasteiger partial charge in [-0.2, -0.15) is 18.3 Å². The minimum absolute atomic E-state index is 0.0780. The fourth-order valence-corrected chi connectivity index (χ4v) is 4.22. The third kappa shape index (κ3) is 4.94. The average molecular weight is 501 g/mol. The van der Waals surface area contributed by atoms with E-state index in [0.29, 0.717) is 5.69 Å². The van der Waals surface area contributed by atoms with Gasteiger partial charge in [-0.15, -0.1) is 0 Å². The van der Waals surface area contributed by atoms with Crippen LogP contribution in [0.4, 0.5) is 18.9 Å². The first-order valence-corrected chi connectivity index (χ1v) is 12.1. The van der Waals surface area contributed by atoms with Gasteiger partial charge in [0.05, 0.1) is 16.2 Å². The van der Waals surface area contributed by atoms with Crippen LogP contribution in [0.2, 0.25) is 0 Å². The lowest BCUT2D eigenvalue weighted by Gasteiger charge is -2.14. The highest BCUT2D eigenvalue weighted by atomic mass is 32.2. The molecule has 4 aromatic rings. The number of carbonyl (C=O) groups is 1. The van der Waals surface area contributed by atoms with E-state index in [-0.39, 0.29) is 33.2 Å². The number of carbonyl (C=O) groups excluding carboxylic acids is 1. The maximum atomic E-state index is 13.8. The third-order valence-electron chi connectivity index (χ3n) is 5.23. The van der Waals surface area contributed by atoms with Crippen molar-refractivity contribution in [3.8, 4) is 17.1 Å². The molecule has 180 valence electrons. The molecule has 2 aromatic heterocycles. The first-order chi connectivity index (χ1) is 16.5. The Bertz CT molecular complexity index is 1500. The number of hydrogen-bond acceptors (Lipinski definition) is 5. The maximum absolute atomic E-state index is 13.8. The van der Waals surface area contributed by atoms with Crippen molar-refractivity contribution in [1.29, 1.82) is 0 Å². The van der Waals surface area contributed by atoms with Gasteiger partial charge in [0.25, 0.3) is 5.91 Å². The van der Waals surface area contributed by atoms with E-state index in [1.165, 1.54) is 60.3 Å². The second kappa shape index (κ2) is 8.99. The number of nitrogens with one attached hydrogen (secondary N) is 1. The summed E-state index contributed by atoms with van der Waals surface area (Å²) < 4.78 is 65.9. The quantitative estimate of drug-likeness (QED) is 0.420. The Morgan fingerprint density at radius 3 is 2.23 bits per heavy atom. The standard InChI is InChI=1S/C24H19F3N4O3S/c1-15-21(23(32)29-16-10-12-17(13-11-16)35(2,33)34)30-31(20-9-5-6-14-28-20)22(15)18-7-3-4-8-19(18)24(25,26)27/h3-14H,1-2H3,(H,29,32). The molecule has 0 saturated carbocycles. The number of hydrogen-bond donors (Lipinski definition) is 1. The predicted octanol–water partition coefficient (Wildman–Crippen LogP) is 4.92. The Morgan fingerprint density at radius 2 is 1.63 bits per heavy atom. The van der Waals surface area contributed by atoms with Crippen molar-refractivity contribution in [3.63, 3.8) is 0 Å². The lowest BCUT2D eigenvalue weighted by atomic mass is 10.00. The molecule has 0 aliphatic heterocycles. The Labute approximate surface area is 199 Å². The zero-order chi connectivity index (χ0) is 25.4. The van der Waals surface area contributed by atoms with Gasteiger partial charge in [0.1, 0.15) is 0 Å². The fourth-order valence-electron chi connectivity index (χ4n) is 3.59. The molecule has 0 fully saturated rings. The average Bonchev–Trinajstić information content (AvgIpc) is 3.16. The van der Waals surface area contributed by atoms with E-state index < -0.39 is 27.5 Å². The minimum atomic E-state index is -4.63. The molecule has 1 N–H and O–H groups in total. The summed E-state index contributed by atoms with van der Waals surface area (Å²) in [6, 6.07) is 15.4. The Kier molecular flexibility index (Phi) is 6.20. The van der Waals surface area contributed by atoms with Crippen LogP contribution >= 0.6 is 0 Å². The molecule has 0 spiro atoms. The summed E-state index contributed by atoms with van der Waals surface area (Å²) in [5.74, 6) is -0.436. The van der Waals surface area contributed by atoms with Crippen LogP contribution in [0, 0.1) is 6.92 Å². The number of rotatable bonds is 5. The maximum Gasteiger partial charge on any atom is 0.417 e. The molecule has 7 nitrogen and oxygen atoms in total. The molecule has 0 saturated heterocycles. The molecule has 4 rings (SSSR count). The molecule has 35 heavy (non-hydrogen) atoms. The number of sulfone groups is 1. The van der Waals surface area contributed by atoms with E-state index in [9.17, 15) is 26.4 Å². The van der Waals surface area contributed by atoms with Gasteiger partial charge < -0.3 is 5.32 Å². The third-order valence-corrected chi connectivity index (χ3v) is 6.36. The number of anilines is 1. The highest BCUT2D eigenvalue weighted by molar-refractivity contribution is 7.90. The number of nitrogens with zero attached hydrogens (tertiary/aromatic N) is 3. The molecule has 0 unspecified atom stereocenters. The second-order valence-electron chi connectivity index (χ2n) is 7.72. The molecular weight excluding hydrogens is 481 g/mol. The Balaban J connectivity index is 1.82. The summed E-state index contributed by atoms with van der Waals surface area (Å²) in [5, 5.41) is 6.93. The van der Waals surface area contributed by atoms with Crippen molar-refractivity contribution < 1.29 is 26.4 Å². The number of benzene rings is 2. The molecule has 0 atom stereocenters.